The molecule has 22 heavy (non-hydrogen) atoms. The van der Waals surface area contributed by atoms with E-state index in [0.717, 1.165) is 38.4 Å². The molecule has 0 aromatic carbocycles. The van der Waals surface area contributed by atoms with Crippen LogP contribution in [0.4, 0.5) is 0 Å². The number of aliphatic hydroxyl groups is 1. The molecule has 3 aliphatic rings. The van der Waals surface area contributed by atoms with E-state index in [1.165, 1.54) is 38.5 Å². The van der Waals surface area contributed by atoms with Crippen molar-refractivity contribution in [3.05, 3.63) is 0 Å². The minimum atomic E-state index is -0.0200. The average molecular weight is 308 g/mol. The van der Waals surface area contributed by atoms with E-state index in [-0.39, 0.29) is 12.0 Å². The lowest BCUT2D eigenvalue weighted by molar-refractivity contribution is -0.139. The number of carbonyl (C=O) groups excluding carboxylic acids is 1. The summed E-state index contributed by atoms with van der Waals surface area (Å²) in [5, 5.41) is 9.58. The normalized spacial score (nSPS) is 36.9. The van der Waals surface area contributed by atoms with Gasteiger partial charge in [0.1, 0.15) is 0 Å². The van der Waals surface area contributed by atoms with Crippen LogP contribution in [0.3, 0.4) is 0 Å². The molecule has 0 aromatic heterocycles. The molecule has 1 amide bonds. The third-order valence-electron chi connectivity index (χ3n) is 6.16. The third-order valence-corrected chi connectivity index (χ3v) is 6.16. The Morgan fingerprint density at radius 3 is 2.73 bits per heavy atom. The quantitative estimate of drug-likeness (QED) is 0.870. The van der Waals surface area contributed by atoms with Crippen molar-refractivity contribution in [1.29, 1.82) is 0 Å². The van der Waals surface area contributed by atoms with Crippen molar-refractivity contribution in [1.82, 2.24) is 9.80 Å². The number of rotatable bonds is 3. The summed E-state index contributed by atoms with van der Waals surface area (Å²) in [6.07, 6.45) is 9.84. The predicted molar refractivity (Wildman–Crippen MR) is 87.6 cm³/mol. The molecule has 0 spiro atoms. The van der Waals surface area contributed by atoms with Crippen molar-refractivity contribution >= 4 is 5.91 Å². The topological polar surface area (TPSA) is 43.8 Å². The van der Waals surface area contributed by atoms with Gasteiger partial charge in [-0.05, 0) is 51.0 Å². The van der Waals surface area contributed by atoms with Crippen LogP contribution in [-0.4, -0.2) is 59.6 Å². The fourth-order valence-electron chi connectivity index (χ4n) is 4.91. The second-order valence-electron chi connectivity index (χ2n) is 8.12. The molecule has 126 valence electrons. The summed E-state index contributed by atoms with van der Waals surface area (Å²) < 4.78 is 0. The summed E-state index contributed by atoms with van der Waals surface area (Å²) in [6, 6.07) is 0.518. The molecule has 3 rings (SSSR count). The van der Waals surface area contributed by atoms with Gasteiger partial charge in [-0.3, -0.25) is 9.69 Å². The number of hydrogen-bond acceptors (Lipinski definition) is 3. The zero-order chi connectivity index (χ0) is 15.6. The maximum atomic E-state index is 12.8. The number of amides is 1. The van der Waals surface area contributed by atoms with E-state index in [0.29, 0.717) is 18.5 Å². The lowest BCUT2D eigenvalue weighted by Gasteiger charge is -2.45. The molecule has 4 heteroatoms. The molecule has 4 nitrogen and oxygen atoms in total. The maximum Gasteiger partial charge on any atom is 0.237 e. The van der Waals surface area contributed by atoms with Crippen LogP contribution in [0.1, 0.15) is 58.3 Å². The van der Waals surface area contributed by atoms with Crippen LogP contribution in [-0.2, 0) is 4.79 Å². The van der Waals surface area contributed by atoms with Gasteiger partial charge in [0.2, 0.25) is 5.91 Å². The highest BCUT2D eigenvalue weighted by Gasteiger charge is 2.37. The first-order valence-corrected chi connectivity index (χ1v) is 9.24. The van der Waals surface area contributed by atoms with Crippen molar-refractivity contribution in [3.63, 3.8) is 0 Å². The molecule has 3 fully saturated rings. The average Bonchev–Trinajstić information content (AvgIpc) is 2.54. The summed E-state index contributed by atoms with van der Waals surface area (Å²) in [5.74, 6) is 1.09. The molecule has 1 saturated carbocycles. The fraction of sp³-hybridized carbons (Fsp3) is 0.944. The van der Waals surface area contributed by atoms with Crippen LogP contribution in [0.2, 0.25) is 0 Å². The minimum Gasteiger partial charge on any atom is -0.396 e. The molecule has 2 saturated heterocycles. The molecule has 3 unspecified atom stereocenters. The van der Waals surface area contributed by atoms with Crippen LogP contribution in [0, 0.1) is 11.3 Å². The Balaban J connectivity index is 1.59. The monoisotopic (exact) mass is 308 g/mol. The van der Waals surface area contributed by atoms with Gasteiger partial charge in [0.15, 0.2) is 0 Å². The lowest BCUT2D eigenvalue weighted by atomic mass is 9.78. The molecule has 0 aromatic rings. The largest absolute Gasteiger partial charge is 0.396 e. The van der Waals surface area contributed by atoms with Gasteiger partial charge in [-0.2, -0.15) is 0 Å². The van der Waals surface area contributed by atoms with E-state index in [2.05, 4.69) is 16.7 Å². The van der Waals surface area contributed by atoms with Gasteiger partial charge in [0.25, 0.3) is 0 Å². The number of fused-ring (bicyclic) bond motifs is 1. The molecular weight excluding hydrogens is 276 g/mol. The molecule has 2 heterocycles. The van der Waals surface area contributed by atoms with E-state index < -0.39 is 0 Å². The van der Waals surface area contributed by atoms with Crippen LogP contribution < -0.4 is 0 Å². The number of nitrogens with zero attached hydrogens (tertiary/aromatic N) is 2. The van der Waals surface area contributed by atoms with E-state index >= 15 is 0 Å². The maximum absolute atomic E-state index is 12.8. The van der Waals surface area contributed by atoms with Gasteiger partial charge in [-0.15, -0.1) is 0 Å². The molecule has 3 atom stereocenters. The Morgan fingerprint density at radius 1 is 1.14 bits per heavy atom. The van der Waals surface area contributed by atoms with Crippen molar-refractivity contribution in [2.24, 2.45) is 11.3 Å². The van der Waals surface area contributed by atoms with Crippen molar-refractivity contribution in [2.75, 3.05) is 32.8 Å². The number of piperidine rings is 2. The van der Waals surface area contributed by atoms with Gasteiger partial charge in [-0.25, -0.2) is 0 Å². The summed E-state index contributed by atoms with van der Waals surface area (Å²) in [5.41, 5.74) is -0.0200. The second-order valence-corrected chi connectivity index (χ2v) is 8.12. The van der Waals surface area contributed by atoms with E-state index in [1.54, 1.807) is 0 Å². The van der Waals surface area contributed by atoms with Crippen molar-refractivity contribution < 1.29 is 9.90 Å². The van der Waals surface area contributed by atoms with Crippen LogP contribution in [0.25, 0.3) is 0 Å². The highest BCUT2D eigenvalue weighted by Crippen LogP contribution is 2.35. The Morgan fingerprint density at radius 2 is 1.91 bits per heavy atom. The Hall–Kier alpha value is -0.610. The fourth-order valence-corrected chi connectivity index (χ4v) is 4.91. The lowest BCUT2D eigenvalue weighted by Crippen LogP contribution is -2.54. The van der Waals surface area contributed by atoms with Crippen molar-refractivity contribution in [3.8, 4) is 0 Å². The zero-order valence-electron chi connectivity index (χ0n) is 14.1. The first kappa shape index (κ1) is 16.3. The number of aliphatic hydroxyl groups excluding tert-OH is 1. The predicted octanol–water partition coefficient (Wildman–Crippen LogP) is 2.26. The van der Waals surface area contributed by atoms with Crippen molar-refractivity contribution in [2.45, 2.75) is 64.3 Å². The summed E-state index contributed by atoms with van der Waals surface area (Å²) in [7, 11) is 0. The van der Waals surface area contributed by atoms with Gasteiger partial charge in [-0.1, -0.05) is 19.8 Å². The summed E-state index contributed by atoms with van der Waals surface area (Å²) in [6.45, 7) is 5.75. The highest BCUT2D eigenvalue weighted by atomic mass is 16.3. The van der Waals surface area contributed by atoms with E-state index in [4.69, 9.17) is 0 Å². The molecule has 0 bridgehead atoms. The first-order valence-electron chi connectivity index (χ1n) is 9.24. The Kier molecular flexibility index (Phi) is 5.08. The number of hydrogen-bond donors (Lipinski definition) is 1. The smallest absolute Gasteiger partial charge is 0.237 e. The number of carbonyl (C=O) groups is 1. The Bertz CT molecular complexity index is 399. The third kappa shape index (κ3) is 3.48. The summed E-state index contributed by atoms with van der Waals surface area (Å²) >= 11 is 0. The highest BCUT2D eigenvalue weighted by molar-refractivity contribution is 5.78. The van der Waals surface area contributed by atoms with Gasteiger partial charge in [0, 0.05) is 31.2 Å². The SMILES string of the molecule is CC1(CO)CCCN(CC(=O)N2CCCC3CCCCC32)C1. The second kappa shape index (κ2) is 6.88. The Labute approximate surface area is 134 Å². The van der Waals surface area contributed by atoms with Crippen LogP contribution in [0.5, 0.6) is 0 Å². The van der Waals surface area contributed by atoms with Gasteiger partial charge < -0.3 is 10.0 Å². The standard InChI is InChI=1S/C18H32N2O2/c1-18(14-21)9-5-10-19(13-18)12-17(22)20-11-4-7-15-6-2-3-8-16(15)20/h15-16,21H,2-14H2,1H3. The van der Waals surface area contributed by atoms with Gasteiger partial charge >= 0.3 is 0 Å². The summed E-state index contributed by atoms with van der Waals surface area (Å²) in [4.78, 5) is 17.3. The minimum absolute atomic E-state index is 0.0200. The molecular formula is C18H32N2O2. The molecule has 1 N–H and O–H groups in total. The first-order chi connectivity index (χ1) is 10.6. The molecule has 1 aliphatic carbocycles. The molecule has 0 radical (unpaired) electrons. The van der Waals surface area contributed by atoms with Gasteiger partial charge in [0.05, 0.1) is 6.54 Å². The molecule has 2 aliphatic heterocycles. The number of likely N-dealkylation sites (tertiary alicyclic amines) is 2. The van der Waals surface area contributed by atoms with Crippen LogP contribution >= 0.6 is 0 Å². The van der Waals surface area contributed by atoms with E-state index in [1.807, 2.05) is 0 Å². The van der Waals surface area contributed by atoms with E-state index in [9.17, 15) is 9.90 Å². The zero-order valence-corrected chi connectivity index (χ0v) is 14.1. The van der Waals surface area contributed by atoms with Crippen LogP contribution in [0.15, 0.2) is 0 Å².